The number of nitro groups is 1. The van der Waals surface area contributed by atoms with E-state index in [4.69, 9.17) is 0 Å². The number of non-ortho nitro benzene ring substituents is 1. The first-order valence-corrected chi connectivity index (χ1v) is 5.23. The summed E-state index contributed by atoms with van der Waals surface area (Å²) in [4.78, 5) is 12.3. The molecule has 1 saturated heterocycles. The number of nitrogens with zero attached hydrogens (tertiary/aromatic N) is 2. The molecule has 0 aliphatic carbocycles. The molecule has 1 aromatic carbocycles. The molecule has 2 rings (SSSR count). The smallest absolute Gasteiger partial charge is 0.269 e. The maximum absolute atomic E-state index is 10.5. The van der Waals surface area contributed by atoms with Crippen molar-refractivity contribution in [2.45, 2.75) is 19.4 Å². The molecule has 0 saturated carbocycles. The van der Waals surface area contributed by atoms with Crippen molar-refractivity contribution >= 4 is 11.4 Å². The third-order valence-corrected chi connectivity index (χ3v) is 2.89. The fourth-order valence-corrected chi connectivity index (χ4v) is 1.93. The average Bonchev–Trinajstić information content (AvgIpc) is 2.91. The second-order valence-corrected chi connectivity index (χ2v) is 4.22. The Kier molecular flexibility index (Phi) is 2.42. The van der Waals surface area contributed by atoms with Gasteiger partial charge < -0.3 is 4.90 Å². The number of allylic oxidation sites excluding steroid dienone is 1. The molecule has 16 heavy (non-hydrogen) atoms. The zero-order valence-corrected chi connectivity index (χ0v) is 9.38. The summed E-state index contributed by atoms with van der Waals surface area (Å²) in [6.07, 6.45) is 4.18. The summed E-state index contributed by atoms with van der Waals surface area (Å²) in [5.74, 6) is 0. The van der Waals surface area contributed by atoms with Gasteiger partial charge in [-0.25, -0.2) is 0 Å². The van der Waals surface area contributed by atoms with Crippen LogP contribution in [-0.2, 0) is 0 Å². The number of anilines is 1. The van der Waals surface area contributed by atoms with E-state index in [2.05, 4.69) is 17.9 Å². The molecule has 1 atom stereocenters. The number of hydrogen-bond acceptors (Lipinski definition) is 3. The molecule has 1 unspecified atom stereocenters. The van der Waals surface area contributed by atoms with Crippen LogP contribution in [0.3, 0.4) is 0 Å². The van der Waals surface area contributed by atoms with E-state index in [1.807, 2.05) is 13.0 Å². The van der Waals surface area contributed by atoms with Crippen LogP contribution in [0.25, 0.3) is 0 Å². The molecule has 0 aromatic heterocycles. The first-order chi connectivity index (χ1) is 7.57. The van der Waals surface area contributed by atoms with Crippen molar-refractivity contribution in [3.63, 3.8) is 0 Å². The first-order valence-electron chi connectivity index (χ1n) is 5.23. The minimum atomic E-state index is -0.378. The zero-order valence-electron chi connectivity index (χ0n) is 9.38. The van der Waals surface area contributed by atoms with Gasteiger partial charge in [-0.3, -0.25) is 10.1 Å². The van der Waals surface area contributed by atoms with Crippen molar-refractivity contribution in [2.24, 2.45) is 0 Å². The minimum Gasteiger partial charge on any atom is -0.358 e. The molecule has 1 heterocycles. The van der Waals surface area contributed by atoms with Crippen LogP contribution in [0.5, 0.6) is 0 Å². The van der Waals surface area contributed by atoms with Crippen molar-refractivity contribution < 1.29 is 4.92 Å². The van der Waals surface area contributed by atoms with E-state index in [1.54, 1.807) is 24.3 Å². The van der Waals surface area contributed by atoms with Gasteiger partial charge in [0.05, 0.1) is 10.5 Å². The summed E-state index contributed by atoms with van der Waals surface area (Å²) >= 11 is 0. The highest BCUT2D eigenvalue weighted by Crippen LogP contribution is 2.39. The predicted octanol–water partition coefficient (Wildman–Crippen LogP) is 2.75. The van der Waals surface area contributed by atoms with Gasteiger partial charge in [0.2, 0.25) is 0 Å². The lowest BCUT2D eigenvalue weighted by molar-refractivity contribution is -0.384. The molecule has 1 aromatic rings. The Balaban J connectivity index is 2.16. The van der Waals surface area contributed by atoms with E-state index in [9.17, 15) is 10.1 Å². The fraction of sp³-hybridized carbons (Fsp3) is 0.333. The van der Waals surface area contributed by atoms with Gasteiger partial charge in [0.15, 0.2) is 0 Å². The Labute approximate surface area is 94.3 Å². The normalized spacial score (nSPS) is 23.8. The Morgan fingerprint density at radius 2 is 2.06 bits per heavy atom. The van der Waals surface area contributed by atoms with E-state index >= 15 is 0 Å². The van der Waals surface area contributed by atoms with Crippen molar-refractivity contribution in [1.29, 1.82) is 0 Å². The van der Waals surface area contributed by atoms with Gasteiger partial charge >= 0.3 is 0 Å². The van der Waals surface area contributed by atoms with Crippen molar-refractivity contribution in [2.75, 3.05) is 11.4 Å². The van der Waals surface area contributed by atoms with E-state index in [-0.39, 0.29) is 16.1 Å². The molecule has 0 spiro atoms. The van der Waals surface area contributed by atoms with Gasteiger partial charge in [0.25, 0.3) is 5.69 Å². The lowest BCUT2D eigenvalue weighted by Gasteiger charge is -2.08. The molecular formula is C12H14N2O2. The average molecular weight is 218 g/mol. The fourth-order valence-electron chi connectivity index (χ4n) is 1.93. The maximum atomic E-state index is 10.5. The van der Waals surface area contributed by atoms with Crippen molar-refractivity contribution in [3.05, 3.63) is 46.5 Å². The zero-order chi connectivity index (χ0) is 11.8. The number of nitro benzene ring substituents is 1. The van der Waals surface area contributed by atoms with Crippen LogP contribution in [0.4, 0.5) is 11.4 Å². The monoisotopic (exact) mass is 218 g/mol. The lowest BCUT2D eigenvalue weighted by Crippen LogP contribution is -2.09. The van der Waals surface area contributed by atoms with Gasteiger partial charge in [-0.05, 0) is 26.0 Å². The molecule has 0 amide bonds. The quantitative estimate of drug-likeness (QED) is 0.339. The van der Waals surface area contributed by atoms with Gasteiger partial charge in [-0.1, -0.05) is 12.2 Å². The predicted molar refractivity (Wildman–Crippen MR) is 63.7 cm³/mol. The molecule has 1 aliphatic heterocycles. The van der Waals surface area contributed by atoms with Gasteiger partial charge in [-0.15, -0.1) is 0 Å². The maximum Gasteiger partial charge on any atom is 0.269 e. The van der Waals surface area contributed by atoms with Crippen LogP contribution in [0.15, 0.2) is 36.4 Å². The molecule has 0 bridgehead atoms. The number of benzene rings is 1. The summed E-state index contributed by atoms with van der Waals surface area (Å²) in [7, 11) is 0. The van der Waals surface area contributed by atoms with Crippen LogP contribution >= 0.6 is 0 Å². The minimum absolute atomic E-state index is 0.0882. The lowest BCUT2D eigenvalue weighted by atomic mass is 10.2. The second kappa shape index (κ2) is 3.63. The highest BCUT2D eigenvalue weighted by molar-refractivity contribution is 5.61. The first kappa shape index (κ1) is 10.7. The van der Waals surface area contributed by atoms with Gasteiger partial charge in [0, 0.05) is 24.4 Å². The van der Waals surface area contributed by atoms with E-state index in [0.717, 1.165) is 12.2 Å². The summed E-state index contributed by atoms with van der Waals surface area (Å²) < 4.78 is 0. The molecule has 84 valence electrons. The van der Waals surface area contributed by atoms with E-state index < -0.39 is 0 Å². The Bertz CT molecular complexity index is 439. The highest BCUT2D eigenvalue weighted by Gasteiger charge is 2.45. The number of hydrogen-bond donors (Lipinski definition) is 0. The molecule has 0 N–H and O–H groups in total. The molecule has 4 heteroatoms. The number of rotatable bonds is 3. The van der Waals surface area contributed by atoms with E-state index in [0.29, 0.717) is 0 Å². The summed E-state index contributed by atoms with van der Waals surface area (Å²) in [5.41, 5.74) is 1.26. The Morgan fingerprint density at radius 1 is 1.44 bits per heavy atom. The van der Waals surface area contributed by atoms with Gasteiger partial charge in [0.1, 0.15) is 0 Å². The van der Waals surface area contributed by atoms with Crippen molar-refractivity contribution in [3.8, 4) is 0 Å². The summed E-state index contributed by atoms with van der Waals surface area (Å²) in [5, 5.41) is 10.5. The van der Waals surface area contributed by atoms with Crippen molar-refractivity contribution in [1.82, 2.24) is 0 Å². The topological polar surface area (TPSA) is 46.1 Å². The highest BCUT2D eigenvalue weighted by atomic mass is 16.6. The molecule has 1 aliphatic rings. The molecule has 0 radical (unpaired) electrons. The van der Waals surface area contributed by atoms with E-state index in [1.165, 1.54) is 0 Å². The molecular weight excluding hydrogens is 204 g/mol. The third kappa shape index (κ3) is 1.78. The Hall–Kier alpha value is -1.84. The second-order valence-electron chi connectivity index (χ2n) is 4.22. The SMILES string of the molecule is C/C=C/C1(C)CN1c1ccc([N+](=O)[O-])cc1. The standard InChI is InChI=1S/C12H14N2O2/c1-3-8-12(2)9-13(12)10-4-6-11(7-5-10)14(15)16/h3-8H,9H2,1-2H3/b8-3+. The van der Waals surface area contributed by atoms with Crippen LogP contribution in [0.1, 0.15) is 13.8 Å². The van der Waals surface area contributed by atoms with Gasteiger partial charge in [-0.2, -0.15) is 0 Å². The Morgan fingerprint density at radius 3 is 2.56 bits per heavy atom. The van der Waals surface area contributed by atoms with Crippen LogP contribution < -0.4 is 4.90 Å². The summed E-state index contributed by atoms with van der Waals surface area (Å²) in [6.45, 7) is 5.11. The third-order valence-electron chi connectivity index (χ3n) is 2.89. The van der Waals surface area contributed by atoms with Crippen LogP contribution in [0, 0.1) is 10.1 Å². The molecule has 4 nitrogen and oxygen atoms in total. The van der Waals surface area contributed by atoms with Crippen LogP contribution in [0.2, 0.25) is 0 Å². The molecule has 1 fully saturated rings. The largest absolute Gasteiger partial charge is 0.358 e. The van der Waals surface area contributed by atoms with Crippen LogP contribution in [-0.4, -0.2) is 17.0 Å². The summed E-state index contributed by atoms with van der Waals surface area (Å²) in [6, 6.07) is 6.69.